The molecule has 24 heavy (non-hydrogen) atoms. The van der Waals surface area contributed by atoms with Crippen molar-refractivity contribution in [2.75, 3.05) is 13.2 Å². The van der Waals surface area contributed by atoms with Crippen molar-refractivity contribution in [1.29, 1.82) is 0 Å². The zero-order chi connectivity index (χ0) is 17.5. The number of ether oxygens (including phenoxy) is 1. The van der Waals surface area contributed by atoms with E-state index in [0.717, 1.165) is 10.4 Å². The summed E-state index contributed by atoms with van der Waals surface area (Å²) in [6, 6.07) is 8.51. The minimum absolute atomic E-state index is 0.306. The summed E-state index contributed by atoms with van der Waals surface area (Å²) in [5.74, 6) is -1.72. The molecule has 0 saturated carbocycles. The van der Waals surface area contributed by atoms with Crippen LogP contribution in [-0.2, 0) is 9.53 Å². The number of hydrogen-bond acceptors (Lipinski definition) is 5. The fourth-order valence-corrected chi connectivity index (χ4v) is 2.69. The molecule has 2 aromatic rings. The maximum atomic E-state index is 12.9. The minimum atomic E-state index is -0.718. The highest BCUT2D eigenvalue weighted by Crippen LogP contribution is 2.28. The van der Waals surface area contributed by atoms with Crippen LogP contribution in [0, 0.1) is 5.82 Å². The molecule has 6 nitrogen and oxygen atoms in total. The molecule has 0 aliphatic rings. The van der Waals surface area contributed by atoms with Crippen LogP contribution < -0.4 is 10.6 Å². The Morgan fingerprint density at radius 1 is 1.12 bits per heavy atom. The molecule has 0 aliphatic carbocycles. The number of esters is 1. The Labute approximate surface area is 141 Å². The van der Waals surface area contributed by atoms with Crippen LogP contribution >= 0.6 is 11.3 Å². The fraction of sp³-hybridized carbons (Fsp3) is 0.188. The van der Waals surface area contributed by atoms with E-state index in [-0.39, 0.29) is 5.82 Å². The lowest BCUT2D eigenvalue weighted by Crippen LogP contribution is -2.41. The standard InChI is InChI=1S/C16H15FN2O4S/c1-2-18-16(22)19-14(20)9-23-15(21)13-8-7-12(24-13)10-3-5-11(17)6-4-10/h3-8H,2,9H2,1H3,(H2,18,19,20,22). The molecule has 1 heterocycles. The van der Waals surface area contributed by atoms with Gasteiger partial charge in [0.25, 0.3) is 5.91 Å². The van der Waals surface area contributed by atoms with Gasteiger partial charge < -0.3 is 10.1 Å². The SMILES string of the molecule is CCNC(=O)NC(=O)COC(=O)c1ccc(-c2ccc(F)cc2)s1. The molecule has 0 aliphatic heterocycles. The van der Waals surface area contributed by atoms with Crippen LogP contribution in [0.1, 0.15) is 16.6 Å². The van der Waals surface area contributed by atoms with Crippen LogP contribution in [0.2, 0.25) is 0 Å². The number of urea groups is 1. The summed E-state index contributed by atoms with van der Waals surface area (Å²) in [6.07, 6.45) is 0. The minimum Gasteiger partial charge on any atom is -0.451 e. The topological polar surface area (TPSA) is 84.5 Å². The highest BCUT2D eigenvalue weighted by atomic mass is 32.1. The highest BCUT2D eigenvalue weighted by Gasteiger charge is 2.14. The van der Waals surface area contributed by atoms with Gasteiger partial charge in [0.2, 0.25) is 0 Å². The molecule has 8 heteroatoms. The lowest BCUT2D eigenvalue weighted by Gasteiger charge is -2.05. The van der Waals surface area contributed by atoms with Gasteiger partial charge in [-0.25, -0.2) is 14.0 Å². The Morgan fingerprint density at radius 3 is 2.50 bits per heavy atom. The lowest BCUT2D eigenvalue weighted by molar-refractivity contribution is -0.123. The van der Waals surface area contributed by atoms with E-state index in [4.69, 9.17) is 4.74 Å². The van der Waals surface area contributed by atoms with Crippen LogP contribution in [0.5, 0.6) is 0 Å². The van der Waals surface area contributed by atoms with Crippen molar-refractivity contribution in [3.8, 4) is 10.4 Å². The highest BCUT2D eigenvalue weighted by molar-refractivity contribution is 7.17. The number of thiophene rings is 1. The number of halogens is 1. The molecule has 0 unspecified atom stereocenters. The summed E-state index contributed by atoms with van der Waals surface area (Å²) < 4.78 is 17.8. The number of rotatable bonds is 5. The van der Waals surface area contributed by atoms with Crippen molar-refractivity contribution in [2.24, 2.45) is 0 Å². The van der Waals surface area contributed by atoms with Crippen molar-refractivity contribution in [3.63, 3.8) is 0 Å². The molecule has 0 saturated heterocycles. The van der Waals surface area contributed by atoms with Gasteiger partial charge in [-0.15, -0.1) is 11.3 Å². The number of imide groups is 1. The first kappa shape index (κ1) is 17.6. The van der Waals surface area contributed by atoms with E-state index in [0.29, 0.717) is 11.4 Å². The molecule has 0 radical (unpaired) electrons. The number of hydrogen-bond donors (Lipinski definition) is 2. The van der Waals surface area contributed by atoms with Crippen LogP contribution in [0.15, 0.2) is 36.4 Å². The van der Waals surface area contributed by atoms with E-state index < -0.39 is 24.5 Å². The first-order chi connectivity index (χ1) is 11.5. The average Bonchev–Trinajstić information content (AvgIpc) is 3.03. The van der Waals surface area contributed by atoms with Crippen molar-refractivity contribution in [2.45, 2.75) is 6.92 Å². The maximum Gasteiger partial charge on any atom is 0.348 e. The third-order valence-corrected chi connectivity index (χ3v) is 3.97. The summed E-state index contributed by atoms with van der Waals surface area (Å²) in [5, 5.41) is 4.41. The second kappa shape index (κ2) is 8.21. The van der Waals surface area contributed by atoms with Crippen molar-refractivity contribution < 1.29 is 23.5 Å². The predicted octanol–water partition coefficient (Wildman–Crippen LogP) is 2.56. The Morgan fingerprint density at radius 2 is 1.83 bits per heavy atom. The zero-order valence-corrected chi connectivity index (χ0v) is 13.6. The molecule has 0 spiro atoms. The largest absolute Gasteiger partial charge is 0.451 e. The Hall–Kier alpha value is -2.74. The van der Waals surface area contributed by atoms with E-state index in [1.807, 2.05) is 5.32 Å². The molecule has 1 aromatic heterocycles. The second-order valence-corrected chi connectivity index (χ2v) is 5.74. The Balaban J connectivity index is 1.90. The Kier molecular flexibility index (Phi) is 6.02. The molecule has 2 N–H and O–H groups in total. The third-order valence-electron chi connectivity index (χ3n) is 2.86. The van der Waals surface area contributed by atoms with E-state index in [9.17, 15) is 18.8 Å². The quantitative estimate of drug-likeness (QED) is 0.812. The van der Waals surface area contributed by atoms with Crippen LogP contribution in [0.3, 0.4) is 0 Å². The molecule has 0 fully saturated rings. The summed E-state index contributed by atoms with van der Waals surface area (Å²) in [6.45, 7) is 1.53. The molecular formula is C16H15FN2O4S. The molecule has 126 valence electrons. The van der Waals surface area contributed by atoms with Gasteiger partial charge in [0.15, 0.2) is 6.61 Å². The normalized spacial score (nSPS) is 10.1. The molecule has 2 rings (SSSR count). The fourth-order valence-electron chi connectivity index (χ4n) is 1.79. The first-order valence-corrected chi connectivity index (χ1v) is 7.92. The van der Waals surface area contributed by atoms with Gasteiger partial charge in [0, 0.05) is 11.4 Å². The van der Waals surface area contributed by atoms with Gasteiger partial charge in [-0.3, -0.25) is 10.1 Å². The van der Waals surface area contributed by atoms with Gasteiger partial charge in [-0.05, 0) is 36.8 Å². The molecular weight excluding hydrogens is 335 g/mol. The van der Waals surface area contributed by atoms with Gasteiger partial charge >= 0.3 is 12.0 Å². The summed E-state index contributed by atoms with van der Waals surface area (Å²) >= 11 is 1.17. The Bertz CT molecular complexity index is 743. The monoisotopic (exact) mass is 350 g/mol. The van der Waals surface area contributed by atoms with E-state index in [2.05, 4.69) is 5.32 Å². The molecule has 0 bridgehead atoms. The van der Waals surface area contributed by atoms with Gasteiger partial charge in [0.05, 0.1) is 0 Å². The van der Waals surface area contributed by atoms with Crippen LogP contribution in [-0.4, -0.2) is 31.1 Å². The van der Waals surface area contributed by atoms with Crippen LogP contribution in [0.4, 0.5) is 9.18 Å². The molecule has 0 atom stereocenters. The number of benzene rings is 1. The lowest BCUT2D eigenvalue weighted by atomic mass is 10.2. The molecule has 1 aromatic carbocycles. The number of amides is 3. The third kappa shape index (κ3) is 4.88. The van der Waals surface area contributed by atoms with Crippen LogP contribution in [0.25, 0.3) is 10.4 Å². The molecule has 3 amide bonds. The van der Waals surface area contributed by atoms with E-state index in [1.165, 1.54) is 23.5 Å². The number of carbonyl (C=O) groups is 3. The van der Waals surface area contributed by atoms with Gasteiger partial charge in [-0.1, -0.05) is 12.1 Å². The summed E-state index contributed by atoms with van der Waals surface area (Å²) in [7, 11) is 0. The summed E-state index contributed by atoms with van der Waals surface area (Å²) in [4.78, 5) is 35.6. The summed E-state index contributed by atoms with van der Waals surface area (Å²) in [5.41, 5.74) is 0.773. The van der Waals surface area contributed by atoms with E-state index >= 15 is 0 Å². The average molecular weight is 350 g/mol. The number of carbonyl (C=O) groups excluding carboxylic acids is 3. The maximum absolute atomic E-state index is 12.9. The van der Waals surface area contributed by atoms with Crippen molar-refractivity contribution in [1.82, 2.24) is 10.6 Å². The van der Waals surface area contributed by atoms with Crippen molar-refractivity contribution >= 4 is 29.2 Å². The van der Waals surface area contributed by atoms with Crippen molar-refractivity contribution in [3.05, 3.63) is 47.1 Å². The first-order valence-electron chi connectivity index (χ1n) is 7.10. The smallest absolute Gasteiger partial charge is 0.348 e. The number of nitrogens with one attached hydrogen (secondary N) is 2. The van der Waals surface area contributed by atoms with Gasteiger partial charge in [0.1, 0.15) is 10.7 Å². The van der Waals surface area contributed by atoms with Gasteiger partial charge in [-0.2, -0.15) is 0 Å². The predicted molar refractivity (Wildman–Crippen MR) is 87.2 cm³/mol. The second-order valence-electron chi connectivity index (χ2n) is 4.65. The zero-order valence-electron chi connectivity index (χ0n) is 12.8. The van der Waals surface area contributed by atoms with E-state index in [1.54, 1.807) is 31.2 Å².